The van der Waals surface area contributed by atoms with Crippen LogP contribution in [0.4, 0.5) is 0 Å². The molecule has 1 saturated heterocycles. The summed E-state index contributed by atoms with van der Waals surface area (Å²) in [6.45, 7) is 5.16. The number of rotatable bonds is 0. The summed E-state index contributed by atoms with van der Waals surface area (Å²) >= 11 is 5.81. The van der Waals surface area contributed by atoms with Crippen molar-refractivity contribution in [1.82, 2.24) is 0 Å². The number of hydrogen-bond donors (Lipinski definition) is 0. The second kappa shape index (κ2) is 2.89. The fraction of sp³-hybridized carbons (Fsp3) is 1.00. The first-order valence-corrected chi connectivity index (χ1v) is 3.89. The van der Waals surface area contributed by atoms with Crippen LogP contribution >= 0.6 is 11.6 Å². The van der Waals surface area contributed by atoms with Crippen LogP contribution in [-0.4, -0.2) is 12.2 Å². The molecule has 0 bridgehead atoms. The lowest BCUT2D eigenvalue weighted by atomic mass is 9.96. The summed E-state index contributed by atoms with van der Waals surface area (Å²) in [6.07, 6.45) is 1.20. The Kier molecular flexibility index (Phi) is 2.36. The zero-order chi connectivity index (χ0) is 6.85. The topological polar surface area (TPSA) is 9.23 Å². The van der Waals surface area contributed by atoms with E-state index in [1.165, 1.54) is 6.42 Å². The summed E-state index contributed by atoms with van der Waals surface area (Å²) in [4.78, 5) is 0. The minimum Gasteiger partial charge on any atom is -0.362 e. The highest BCUT2D eigenvalue weighted by Crippen LogP contribution is 2.26. The lowest BCUT2D eigenvalue weighted by molar-refractivity contribution is 0.000628. The highest BCUT2D eigenvalue weighted by Gasteiger charge is 2.23. The number of ether oxygens (including phenoxy) is 1. The predicted molar refractivity (Wildman–Crippen MR) is 38.5 cm³/mol. The minimum atomic E-state index is -0.0406. The number of halogens is 1. The Hall–Kier alpha value is 0.250. The molecule has 1 heterocycles. The average molecular weight is 149 g/mol. The van der Waals surface area contributed by atoms with E-state index in [1.54, 1.807) is 0 Å². The normalized spacial score (nSPS) is 45.0. The van der Waals surface area contributed by atoms with Crippen molar-refractivity contribution in [3.8, 4) is 0 Å². The molecule has 9 heavy (non-hydrogen) atoms. The summed E-state index contributed by atoms with van der Waals surface area (Å²) in [5.41, 5.74) is -0.0406. The van der Waals surface area contributed by atoms with Crippen LogP contribution in [0.3, 0.4) is 0 Å². The summed E-state index contributed by atoms with van der Waals surface area (Å²) in [6, 6.07) is 0. The lowest BCUT2D eigenvalue weighted by Crippen LogP contribution is -2.27. The van der Waals surface area contributed by atoms with E-state index in [4.69, 9.17) is 16.3 Å². The van der Waals surface area contributed by atoms with Crippen LogP contribution in [0.5, 0.6) is 0 Å². The summed E-state index contributed by atoms with van der Waals surface area (Å²) < 4.78 is 5.27. The van der Waals surface area contributed by atoms with Gasteiger partial charge in [-0.25, -0.2) is 0 Å². The highest BCUT2D eigenvalue weighted by atomic mass is 35.5. The van der Waals surface area contributed by atoms with E-state index in [2.05, 4.69) is 13.8 Å². The van der Waals surface area contributed by atoms with E-state index in [1.807, 2.05) is 0 Å². The van der Waals surface area contributed by atoms with Gasteiger partial charge in [0.05, 0.1) is 6.61 Å². The third kappa shape index (κ3) is 1.84. The maximum Gasteiger partial charge on any atom is 0.133 e. The molecule has 3 unspecified atom stereocenters. The van der Waals surface area contributed by atoms with E-state index in [-0.39, 0.29) is 5.56 Å². The van der Waals surface area contributed by atoms with E-state index in [9.17, 15) is 0 Å². The maximum atomic E-state index is 5.81. The van der Waals surface area contributed by atoms with Crippen molar-refractivity contribution < 1.29 is 4.74 Å². The maximum absolute atomic E-state index is 5.81. The van der Waals surface area contributed by atoms with E-state index >= 15 is 0 Å². The Morgan fingerprint density at radius 1 is 1.44 bits per heavy atom. The summed E-state index contributed by atoms with van der Waals surface area (Å²) in [5.74, 6) is 1.21. The summed E-state index contributed by atoms with van der Waals surface area (Å²) in [5, 5.41) is 0. The molecular formula is C7H13ClO. The smallest absolute Gasteiger partial charge is 0.133 e. The van der Waals surface area contributed by atoms with Crippen LogP contribution < -0.4 is 0 Å². The first-order valence-electron chi connectivity index (χ1n) is 3.46. The second-order valence-electron chi connectivity index (χ2n) is 3.00. The molecule has 1 fully saturated rings. The van der Waals surface area contributed by atoms with Crippen molar-refractivity contribution in [2.45, 2.75) is 25.8 Å². The third-order valence-electron chi connectivity index (χ3n) is 1.76. The zero-order valence-electron chi connectivity index (χ0n) is 5.93. The molecule has 1 aliphatic rings. The van der Waals surface area contributed by atoms with Crippen molar-refractivity contribution >= 4 is 11.6 Å². The number of hydrogen-bond acceptors (Lipinski definition) is 1. The van der Waals surface area contributed by atoms with Gasteiger partial charge in [0.1, 0.15) is 5.56 Å². The Labute approximate surface area is 61.3 Å². The molecule has 0 amide bonds. The van der Waals surface area contributed by atoms with Crippen LogP contribution in [0.2, 0.25) is 0 Å². The van der Waals surface area contributed by atoms with Gasteiger partial charge in [0, 0.05) is 0 Å². The molecule has 54 valence electrons. The Morgan fingerprint density at radius 3 is 2.56 bits per heavy atom. The second-order valence-corrected chi connectivity index (χ2v) is 3.43. The van der Waals surface area contributed by atoms with Crippen molar-refractivity contribution in [1.29, 1.82) is 0 Å². The van der Waals surface area contributed by atoms with Gasteiger partial charge in [0.2, 0.25) is 0 Å². The molecule has 0 aromatic carbocycles. The molecule has 0 aromatic heterocycles. The quantitative estimate of drug-likeness (QED) is 0.479. The van der Waals surface area contributed by atoms with Crippen LogP contribution in [0.1, 0.15) is 20.3 Å². The molecule has 0 spiro atoms. The van der Waals surface area contributed by atoms with Crippen LogP contribution in [-0.2, 0) is 4.74 Å². The molecule has 1 nitrogen and oxygen atoms in total. The molecule has 1 aliphatic heterocycles. The van der Waals surface area contributed by atoms with Crippen LogP contribution in [0.15, 0.2) is 0 Å². The van der Waals surface area contributed by atoms with Crippen molar-refractivity contribution in [2.24, 2.45) is 11.8 Å². The Morgan fingerprint density at radius 2 is 2.11 bits per heavy atom. The van der Waals surface area contributed by atoms with Gasteiger partial charge in [-0.3, -0.25) is 0 Å². The molecule has 0 aliphatic carbocycles. The van der Waals surface area contributed by atoms with E-state index < -0.39 is 0 Å². The molecule has 0 aromatic rings. The fourth-order valence-electron chi connectivity index (χ4n) is 1.23. The largest absolute Gasteiger partial charge is 0.362 e. The molecular weight excluding hydrogens is 136 g/mol. The monoisotopic (exact) mass is 148 g/mol. The van der Waals surface area contributed by atoms with Gasteiger partial charge >= 0.3 is 0 Å². The van der Waals surface area contributed by atoms with Crippen LogP contribution in [0, 0.1) is 11.8 Å². The van der Waals surface area contributed by atoms with Gasteiger partial charge in [0.25, 0.3) is 0 Å². The lowest BCUT2D eigenvalue weighted by Gasteiger charge is -2.28. The third-order valence-corrected chi connectivity index (χ3v) is 2.32. The van der Waals surface area contributed by atoms with Crippen molar-refractivity contribution in [3.63, 3.8) is 0 Å². The minimum absolute atomic E-state index is 0.0406. The van der Waals surface area contributed by atoms with Gasteiger partial charge in [-0.15, -0.1) is 0 Å². The Balaban J connectivity index is 2.35. The zero-order valence-corrected chi connectivity index (χ0v) is 6.69. The highest BCUT2D eigenvalue weighted by molar-refractivity contribution is 6.19. The first kappa shape index (κ1) is 7.36. The molecule has 0 saturated carbocycles. The SMILES string of the molecule is CC1COC(Cl)C(C)C1. The van der Waals surface area contributed by atoms with Gasteiger partial charge in [-0.1, -0.05) is 25.4 Å². The fourth-order valence-corrected chi connectivity index (χ4v) is 1.41. The average Bonchev–Trinajstić information content (AvgIpc) is 1.80. The van der Waals surface area contributed by atoms with E-state index in [0.717, 1.165) is 6.61 Å². The molecule has 2 heteroatoms. The predicted octanol–water partition coefficient (Wildman–Crippen LogP) is 2.24. The van der Waals surface area contributed by atoms with Gasteiger partial charge in [-0.05, 0) is 18.3 Å². The molecule has 3 atom stereocenters. The Bertz CT molecular complexity index is 94.9. The molecule has 0 N–H and O–H groups in total. The standard InChI is InChI=1S/C7H13ClO/c1-5-3-6(2)7(8)9-4-5/h5-7H,3-4H2,1-2H3. The van der Waals surface area contributed by atoms with Crippen molar-refractivity contribution in [2.75, 3.05) is 6.61 Å². The van der Waals surface area contributed by atoms with Crippen LogP contribution in [0.25, 0.3) is 0 Å². The van der Waals surface area contributed by atoms with E-state index in [0.29, 0.717) is 11.8 Å². The van der Waals surface area contributed by atoms with Gasteiger partial charge < -0.3 is 4.74 Å². The first-order chi connectivity index (χ1) is 4.20. The molecule has 0 radical (unpaired) electrons. The van der Waals surface area contributed by atoms with Crippen molar-refractivity contribution in [3.05, 3.63) is 0 Å². The van der Waals surface area contributed by atoms with Gasteiger partial charge in [-0.2, -0.15) is 0 Å². The summed E-state index contributed by atoms with van der Waals surface area (Å²) in [7, 11) is 0. The molecule has 1 rings (SSSR count). The van der Waals surface area contributed by atoms with Gasteiger partial charge in [0.15, 0.2) is 0 Å². The number of alkyl halides is 1.